The van der Waals surface area contributed by atoms with E-state index in [1.807, 2.05) is 33.8 Å². The smallest absolute Gasteiger partial charge is 0.326 e. The lowest BCUT2D eigenvalue weighted by molar-refractivity contribution is -0.147. The van der Waals surface area contributed by atoms with Crippen LogP contribution in [0.15, 0.2) is 21.6 Å². The fourth-order valence-corrected chi connectivity index (χ4v) is 2.82. The third-order valence-corrected chi connectivity index (χ3v) is 4.03. The summed E-state index contributed by atoms with van der Waals surface area (Å²) in [5, 5.41) is 3.26. The minimum atomic E-state index is -0.697. The second-order valence-electron chi connectivity index (χ2n) is 4.75. The molecule has 1 heterocycles. The summed E-state index contributed by atoms with van der Waals surface area (Å²) in [4.78, 5) is 12.9. The molecule has 5 heteroatoms. The average molecular weight is 271 g/mol. The van der Waals surface area contributed by atoms with Gasteiger partial charge in [0.15, 0.2) is 0 Å². The third kappa shape index (κ3) is 3.78. The lowest BCUT2D eigenvalue weighted by atomic mass is 10.0. The summed E-state index contributed by atoms with van der Waals surface area (Å²) in [6.07, 6.45) is 1.66. The molecule has 0 fully saturated rings. The second-order valence-corrected chi connectivity index (χ2v) is 5.77. The number of furan rings is 1. The van der Waals surface area contributed by atoms with Gasteiger partial charge >= 0.3 is 5.97 Å². The van der Waals surface area contributed by atoms with Crippen molar-refractivity contribution in [3.8, 4) is 0 Å². The molecule has 1 unspecified atom stereocenters. The third-order valence-electron chi connectivity index (χ3n) is 2.57. The quantitative estimate of drug-likeness (QED) is 0.636. The highest BCUT2D eigenvalue weighted by molar-refractivity contribution is 7.99. The zero-order valence-corrected chi connectivity index (χ0v) is 12.4. The normalized spacial score (nSPS) is 14.6. The average Bonchev–Trinajstić information content (AvgIpc) is 2.70. The Balaban J connectivity index is 2.73. The number of thioether (sulfide) groups is 1. The Hall–Kier alpha value is -0.940. The van der Waals surface area contributed by atoms with Crippen molar-refractivity contribution in [3.05, 3.63) is 18.1 Å². The minimum absolute atomic E-state index is 0.208. The van der Waals surface area contributed by atoms with Gasteiger partial charge in [-0.3, -0.25) is 10.1 Å². The van der Waals surface area contributed by atoms with Crippen molar-refractivity contribution in [2.24, 2.45) is 0 Å². The van der Waals surface area contributed by atoms with Crippen LogP contribution in [0.1, 0.15) is 26.5 Å². The van der Waals surface area contributed by atoms with Crippen LogP contribution in [-0.4, -0.2) is 30.4 Å². The Kier molecular flexibility index (Phi) is 5.28. The second kappa shape index (κ2) is 6.29. The summed E-state index contributed by atoms with van der Waals surface area (Å²) in [6, 6.07) is 2.12. The zero-order valence-electron chi connectivity index (χ0n) is 11.6. The maximum absolute atomic E-state index is 11.9. The molecule has 0 aliphatic rings. The number of hydrogen-bond acceptors (Lipinski definition) is 5. The minimum Gasteiger partial charge on any atom is -0.468 e. The fraction of sp³-hybridized carbons (Fsp3) is 0.615. The highest BCUT2D eigenvalue weighted by atomic mass is 32.2. The van der Waals surface area contributed by atoms with E-state index in [4.69, 9.17) is 9.15 Å². The maximum atomic E-state index is 11.9. The van der Waals surface area contributed by atoms with E-state index in [1.165, 1.54) is 7.11 Å². The standard InChI is InChI=1S/C13H21NO3S/c1-9(2)14-13(4,12(15)16-5)8-18-11-6-7-17-10(11)3/h6-7,9,14H,8H2,1-5H3. The van der Waals surface area contributed by atoms with Crippen LogP contribution >= 0.6 is 11.8 Å². The molecule has 0 aliphatic carbocycles. The number of carbonyl (C=O) groups is 1. The van der Waals surface area contributed by atoms with Crippen LogP contribution in [0.25, 0.3) is 0 Å². The number of esters is 1. The fourth-order valence-electron chi connectivity index (χ4n) is 1.77. The van der Waals surface area contributed by atoms with Gasteiger partial charge in [0, 0.05) is 16.7 Å². The van der Waals surface area contributed by atoms with Crippen molar-refractivity contribution in [2.75, 3.05) is 12.9 Å². The molecule has 0 aromatic carbocycles. The predicted octanol–water partition coefficient (Wildman–Crippen LogP) is 2.61. The molecule has 0 saturated heterocycles. The first-order chi connectivity index (χ1) is 8.39. The SMILES string of the molecule is COC(=O)C(C)(CSc1ccoc1C)NC(C)C. The summed E-state index contributed by atoms with van der Waals surface area (Å²) in [5.41, 5.74) is -0.697. The summed E-state index contributed by atoms with van der Waals surface area (Å²) in [6.45, 7) is 7.79. The van der Waals surface area contributed by atoms with Crippen LogP contribution in [0.2, 0.25) is 0 Å². The number of methoxy groups -OCH3 is 1. The van der Waals surface area contributed by atoms with E-state index < -0.39 is 5.54 Å². The van der Waals surface area contributed by atoms with Crippen molar-refractivity contribution >= 4 is 17.7 Å². The molecule has 0 amide bonds. The monoisotopic (exact) mass is 271 g/mol. The highest BCUT2D eigenvalue weighted by Gasteiger charge is 2.35. The zero-order chi connectivity index (χ0) is 13.8. The van der Waals surface area contributed by atoms with Gasteiger partial charge in [-0.05, 0) is 33.8 Å². The summed E-state index contributed by atoms with van der Waals surface area (Å²) in [5.74, 6) is 1.22. The highest BCUT2D eigenvalue weighted by Crippen LogP contribution is 2.27. The first kappa shape index (κ1) is 15.1. The van der Waals surface area contributed by atoms with Gasteiger partial charge < -0.3 is 9.15 Å². The van der Waals surface area contributed by atoms with E-state index >= 15 is 0 Å². The molecule has 4 nitrogen and oxygen atoms in total. The number of hydrogen-bond donors (Lipinski definition) is 1. The van der Waals surface area contributed by atoms with Crippen LogP contribution in [0.3, 0.4) is 0 Å². The molecule has 1 aromatic rings. The molecule has 0 bridgehead atoms. The number of nitrogens with one attached hydrogen (secondary N) is 1. The van der Waals surface area contributed by atoms with Gasteiger partial charge in [-0.25, -0.2) is 0 Å². The van der Waals surface area contributed by atoms with Gasteiger partial charge in [0.05, 0.1) is 13.4 Å². The molecule has 1 rings (SSSR count). The Morgan fingerprint density at radius 3 is 2.72 bits per heavy atom. The summed E-state index contributed by atoms with van der Waals surface area (Å²) in [7, 11) is 1.41. The van der Waals surface area contributed by atoms with E-state index in [1.54, 1.807) is 18.0 Å². The maximum Gasteiger partial charge on any atom is 0.326 e. The van der Waals surface area contributed by atoms with Crippen LogP contribution in [0.4, 0.5) is 0 Å². The topological polar surface area (TPSA) is 51.5 Å². The van der Waals surface area contributed by atoms with E-state index in [0.29, 0.717) is 5.75 Å². The lowest BCUT2D eigenvalue weighted by Gasteiger charge is -2.29. The first-order valence-corrected chi connectivity index (χ1v) is 6.90. The van der Waals surface area contributed by atoms with Crippen molar-refractivity contribution < 1.29 is 13.9 Å². The van der Waals surface area contributed by atoms with Gasteiger partial charge in [-0.1, -0.05) is 0 Å². The van der Waals surface area contributed by atoms with Gasteiger partial charge in [-0.2, -0.15) is 0 Å². The van der Waals surface area contributed by atoms with Gasteiger partial charge in [0.25, 0.3) is 0 Å². The van der Waals surface area contributed by atoms with Crippen LogP contribution in [0, 0.1) is 6.92 Å². The van der Waals surface area contributed by atoms with Gasteiger partial charge in [-0.15, -0.1) is 11.8 Å². The van der Waals surface area contributed by atoms with Crippen molar-refractivity contribution in [2.45, 2.75) is 44.2 Å². The molecular formula is C13H21NO3S. The molecule has 1 aromatic heterocycles. The Morgan fingerprint density at radius 1 is 1.61 bits per heavy atom. The molecule has 102 valence electrons. The number of rotatable bonds is 6. The Morgan fingerprint density at radius 2 is 2.28 bits per heavy atom. The van der Waals surface area contributed by atoms with Gasteiger partial charge in [0.1, 0.15) is 11.3 Å². The summed E-state index contributed by atoms with van der Waals surface area (Å²) >= 11 is 1.59. The molecule has 18 heavy (non-hydrogen) atoms. The van der Waals surface area contributed by atoms with E-state index in [9.17, 15) is 4.79 Å². The van der Waals surface area contributed by atoms with Gasteiger partial charge in [0.2, 0.25) is 0 Å². The molecule has 0 radical (unpaired) electrons. The van der Waals surface area contributed by atoms with Crippen LogP contribution in [-0.2, 0) is 9.53 Å². The molecule has 0 saturated carbocycles. The largest absolute Gasteiger partial charge is 0.468 e. The molecule has 0 spiro atoms. The summed E-state index contributed by atoms with van der Waals surface area (Å²) < 4.78 is 10.1. The van der Waals surface area contributed by atoms with E-state index in [0.717, 1.165) is 10.7 Å². The molecule has 1 atom stereocenters. The predicted molar refractivity (Wildman–Crippen MR) is 72.9 cm³/mol. The Labute approximate surface area is 112 Å². The Bertz CT molecular complexity index is 403. The number of ether oxygens (including phenoxy) is 1. The molecular weight excluding hydrogens is 250 g/mol. The van der Waals surface area contributed by atoms with Crippen LogP contribution < -0.4 is 5.32 Å². The van der Waals surface area contributed by atoms with E-state index in [2.05, 4.69) is 5.32 Å². The molecule has 1 N–H and O–H groups in total. The van der Waals surface area contributed by atoms with Crippen molar-refractivity contribution in [3.63, 3.8) is 0 Å². The number of aryl methyl sites for hydroxylation is 1. The van der Waals surface area contributed by atoms with Crippen molar-refractivity contribution in [1.29, 1.82) is 0 Å². The molecule has 0 aliphatic heterocycles. The first-order valence-electron chi connectivity index (χ1n) is 5.92. The van der Waals surface area contributed by atoms with Crippen LogP contribution in [0.5, 0.6) is 0 Å². The number of carbonyl (C=O) groups excluding carboxylic acids is 1. The lowest BCUT2D eigenvalue weighted by Crippen LogP contribution is -2.54. The van der Waals surface area contributed by atoms with Crippen molar-refractivity contribution in [1.82, 2.24) is 5.32 Å². The van der Waals surface area contributed by atoms with E-state index in [-0.39, 0.29) is 12.0 Å².